The topological polar surface area (TPSA) is 63.2 Å². The van der Waals surface area contributed by atoms with Gasteiger partial charge >= 0.3 is 0 Å². The predicted molar refractivity (Wildman–Crippen MR) is 83.7 cm³/mol. The highest BCUT2D eigenvalue weighted by atomic mass is 32.2. The fourth-order valence-electron chi connectivity index (χ4n) is 2.95. The third-order valence-electron chi connectivity index (χ3n) is 4.11. The number of hydrogen-bond donors (Lipinski definition) is 1. The van der Waals surface area contributed by atoms with Crippen LogP contribution in [0.3, 0.4) is 0 Å². The van der Waals surface area contributed by atoms with Crippen LogP contribution in [-0.4, -0.2) is 32.4 Å². The van der Waals surface area contributed by atoms with Crippen molar-refractivity contribution in [1.29, 1.82) is 0 Å². The Labute approximate surface area is 126 Å². The van der Waals surface area contributed by atoms with Crippen LogP contribution in [0.1, 0.15) is 31.7 Å². The second-order valence-corrected chi connectivity index (χ2v) is 8.45. The molecule has 1 unspecified atom stereocenters. The van der Waals surface area contributed by atoms with Gasteiger partial charge in [-0.05, 0) is 31.7 Å². The van der Waals surface area contributed by atoms with Gasteiger partial charge in [0.15, 0.2) is 0 Å². The molecule has 1 aromatic carbocycles. The lowest BCUT2D eigenvalue weighted by Gasteiger charge is -2.41. The largest absolute Gasteiger partial charge is 0.352 e. The zero-order valence-corrected chi connectivity index (χ0v) is 13.4. The molecule has 5 heteroatoms. The Hall–Kier alpha value is -1.36. The van der Waals surface area contributed by atoms with Crippen LogP contribution in [0, 0.1) is 5.41 Å². The van der Waals surface area contributed by atoms with E-state index in [1.165, 1.54) is 6.26 Å². The maximum Gasteiger partial charge on any atom is 0.226 e. The highest BCUT2D eigenvalue weighted by Crippen LogP contribution is 2.44. The quantitative estimate of drug-likeness (QED) is 0.873. The number of rotatable bonds is 6. The fraction of sp³-hybridized carbons (Fsp3) is 0.562. The molecule has 0 aromatic heterocycles. The molecule has 0 radical (unpaired) electrons. The molecule has 116 valence electrons. The Bertz CT molecular complexity index is 591. The van der Waals surface area contributed by atoms with Gasteiger partial charge in [0, 0.05) is 12.3 Å². The van der Waals surface area contributed by atoms with E-state index in [9.17, 15) is 13.2 Å². The SMILES string of the molecule is CC(CS(C)(=O)=O)NC(=O)C1(Cc2ccccc2)CCC1. The van der Waals surface area contributed by atoms with Crippen molar-refractivity contribution in [2.24, 2.45) is 5.41 Å². The van der Waals surface area contributed by atoms with Crippen LogP contribution >= 0.6 is 0 Å². The molecule has 0 bridgehead atoms. The molecular weight excluding hydrogens is 286 g/mol. The van der Waals surface area contributed by atoms with Crippen LogP contribution in [0.5, 0.6) is 0 Å². The molecule has 1 aliphatic rings. The van der Waals surface area contributed by atoms with Crippen LogP contribution in [0.15, 0.2) is 30.3 Å². The molecule has 1 N–H and O–H groups in total. The van der Waals surface area contributed by atoms with E-state index in [-0.39, 0.29) is 23.1 Å². The summed E-state index contributed by atoms with van der Waals surface area (Å²) < 4.78 is 22.6. The summed E-state index contributed by atoms with van der Waals surface area (Å²) in [7, 11) is -3.08. The lowest BCUT2D eigenvalue weighted by molar-refractivity contribution is -0.136. The molecule has 0 spiro atoms. The Morgan fingerprint density at radius 2 is 1.90 bits per heavy atom. The summed E-state index contributed by atoms with van der Waals surface area (Å²) in [5.41, 5.74) is 0.802. The van der Waals surface area contributed by atoms with E-state index in [2.05, 4.69) is 5.32 Å². The van der Waals surface area contributed by atoms with E-state index in [4.69, 9.17) is 0 Å². The molecule has 1 atom stereocenters. The standard InChI is InChI=1S/C16H23NO3S/c1-13(12-21(2,19)20)17-15(18)16(9-6-10-16)11-14-7-4-3-5-8-14/h3-5,7-8,13H,6,9-12H2,1-2H3,(H,17,18). The minimum absolute atomic E-state index is 0.00578. The third kappa shape index (κ3) is 4.30. The maximum absolute atomic E-state index is 12.5. The van der Waals surface area contributed by atoms with E-state index >= 15 is 0 Å². The number of carbonyl (C=O) groups excluding carboxylic acids is 1. The summed E-state index contributed by atoms with van der Waals surface area (Å²) in [5, 5.41) is 2.88. The molecule has 0 heterocycles. The van der Waals surface area contributed by atoms with Crippen molar-refractivity contribution in [3.05, 3.63) is 35.9 Å². The second-order valence-electron chi connectivity index (χ2n) is 6.26. The second kappa shape index (κ2) is 6.18. The van der Waals surface area contributed by atoms with Gasteiger partial charge < -0.3 is 5.32 Å². The van der Waals surface area contributed by atoms with Gasteiger partial charge in [-0.2, -0.15) is 0 Å². The zero-order chi connectivity index (χ0) is 15.5. The monoisotopic (exact) mass is 309 g/mol. The van der Waals surface area contributed by atoms with Crippen molar-refractivity contribution >= 4 is 15.7 Å². The Morgan fingerprint density at radius 3 is 2.38 bits per heavy atom. The summed E-state index contributed by atoms with van der Waals surface area (Å²) in [6.45, 7) is 1.74. The van der Waals surface area contributed by atoms with E-state index in [1.54, 1.807) is 6.92 Å². The Kier molecular flexibility index (Phi) is 4.71. The van der Waals surface area contributed by atoms with Crippen molar-refractivity contribution in [2.75, 3.05) is 12.0 Å². The number of hydrogen-bond acceptors (Lipinski definition) is 3. The van der Waals surface area contributed by atoms with E-state index in [0.717, 1.165) is 31.2 Å². The average molecular weight is 309 g/mol. The van der Waals surface area contributed by atoms with Gasteiger partial charge in [0.2, 0.25) is 5.91 Å². The minimum Gasteiger partial charge on any atom is -0.352 e. The minimum atomic E-state index is -3.08. The first-order chi connectivity index (χ1) is 9.81. The molecule has 1 aliphatic carbocycles. The molecule has 1 amide bonds. The molecule has 0 saturated heterocycles. The van der Waals surface area contributed by atoms with Gasteiger partial charge in [0.05, 0.1) is 11.2 Å². The molecule has 1 fully saturated rings. The van der Waals surface area contributed by atoms with Crippen molar-refractivity contribution in [3.8, 4) is 0 Å². The maximum atomic E-state index is 12.5. The van der Waals surface area contributed by atoms with Crippen LogP contribution in [-0.2, 0) is 21.1 Å². The fourth-order valence-corrected chi connectivity index (χ4v) is 3.94. The summed E-state index contributed by atoms with van der Waals surface area (Å²) in [4.78, 5) is 12.5. The number of sulfone groups is 1. The third-order valence-corrected chi connectivity index (χ3v) is 5.21. The van der Waals surface area contributed by atoms with Gasteiger partial charge in [-0.1, -0.05) is 36.8 Å². The lowest BCUT2D eigenvalue weighted by Crippen LogP contribution is -2.51. The Morgan fingerprint density at radius 1 is 1.29 bits per heavy atom. The smallest absolute Gasteiger partial charge is 0.226 e. The number of carbonyl (C=O) groups is 1. The Balaban J connectivity index is 2.01. The lowest BCUT2D eigenvalue weighted by atomic mass is 9.64. The number of nitrogens with one attached hydrogen (secondary N) is 1. The molecule has 2 rings (SSSR count). The molecule has 0 aliphatic heterocycles. The zero-order valence-electron chi connectivity index (χ0n) is 12.6. The van der Waals surface area contributed by atoms with Crippen molar-refractivity contribution in [2.45, 2.75) is 38.6 Å². The normalized spacial score (nSPS) is 18.6. The van der Waals surface area contributed by atoms with Crippen LogP contribution in [0.25, 0.3) is 0 Å². The number of amides is 1. The predicted octanol–water partition coefficient (Wildman–Crippen LogP) is 1.95. The van der Waals surface area contributed by atoms with E-state index in [0.29, 0.717) is 0 Å². The molecule has 1 saturated carbocycles. The highest BCUT2D eigenvalue weighted by Gasteiger charge is 2.44. The van der Waals surface area contributed by atoms with Crippen LogP contribution in [0.2, 0.25) is 0 Å². The number of benzene rings is 1. The summed E-state index contributed by atoms with van der Waals surface area (Å²) in [6.07, 6.45) is 4.73. The van der Waals surface area contributed by atoms with Crippen molar-refractivity contribution in [3.63, 3.8) is 0 Å². The molecular formula is C16H23NO3S. The van der Waals surface area contributed by atoms with Gasteiger partial charge in [-0.15, -0.1) is 0 Å². The first kappa shape index (κ1) is 16.0. The first-order valence-electron chi connectivity index (χ1n) is 7.33. The van der Waals surface area contributed by atoms with Crippen LogP contribution in [0.4, 0.5) is 0 Å². The molecule has 4 nitrogen and oxygen atoms in total. The first-order valence-corrected chi connectivity index (χ1v) is 9.39. The van der Waals surface area contributed by atoms with E-state index < -0.39 is 9.84 Å². The van der Waals surface area contributed by atoms with E-state index in [1.807, 2.05) is 30.3 Å². The van der Waals surface area contributed by atoms with Gasteiger partial charge in [0.25, 0.3) is 0 Å². The summed E-state index contributed by atoms with van der Waals surface area (Å²) in [6, 6.07) is 9.64. The molecule has 21 heavy (non-hydrogen) atoms. The van der Waals surface area contributed by atoms with Crippen molar-refractivity contribution < 1.29 is 13.2 Å². The van der Waals surface area contributed by atoms with Gasteiger partial charge in [0.1, 0.15) is 9.84 Å². The van der Waals surface area contributed by atoms with Crippen LogP contribution < -0.4 is 5.32 Å². The summed E-state index contributed by atoms with van der Waals surface area (Å²) >= 11 is 0. The van der Waals surface area contributed by atoms with Gasteiger partial charge in [-0.25, -0.2) is 8.42 Å². The van der Waals surface area contributed by atoms with Crippen molar-refractivity contribution in [1.82, 2.24) is 5.32 Å². The molecule has 1 aromatic rings. The van der Waals surface area contributed by atoms with Gasteiger partial charge in [-0.3, -0.25) is 4.79 Å². The highest BCUT2D eigenvalue weighted by molar-refractivity contribution is 7.90. The summed E-state index contributed by atoms with van der Waals surface area (Å²) in [5.74, 6) is -0.0195. The average Bonchev–Trinajstić information content (AvgIpc) is 2.32.